The Balaban J connectivity index is 0. The molecule has 0 saturated heterocycles. The fraction of sp³-hybridized carbons (Fsp3) is 0.875. The second-order valence-electron chi connectivity index (χ2n) is 2.57. The minimum atomic E-state index is -0.893. The average molecular weight is 195 g/mol. The SMILES string of the molecule is CCCCC(CC)C(=O)[O-].[Cr]. The van der Waals surface area contributed by atoms with Crippen molar-refractivity contribution >= 4 is 5.97 Å². The first-order chi connectivity index (χ1) is 4.72. The molecule has 0 spiro atoms. The van der Waals surface area contributed by atoms with Crippen molar-refractivity contribution in [2.75, 3.05) is 0 Å². The molecule has 0 aliphatic rings. The third-order valence-electron chi connectivity index (χ3n) is 1.73. The van der Waals surface area contributed by atoms with Gasteiger partial charge in [-0.1, -0.05) is 26.7 Å². The van der Waals surface area contributed by atoms with E-state index in [9.17, 15) is 9.90 Å². The summed E-state index contributed by atoms with van der Waals surface area (Å²) in [4.78, 5) is 10.3. The average Bonchev–Trinajstić information content (AvgIpc) is 1.89. The summed E-state index contributed by atoms with van der Waals surface area (Å²) >= 11 is 0. The number of unbranched alkanes of at least 4 members (excludes halogenated alkanes) is 1. The van der Waals surface area contributed by atoms with Gasteiger partial charge < -0.3 is 9.90 Å². The molecule has 1 unspecified atom stereocenters. The summed E-state index contributed by atoms with van der Waals surface area (Å²) in [5, 5.41) is 10.3. The van der Waals surface area contributed by atoms with E-state index in [1.54, 1.807) is 0 Å². The van der Waals surface area contributed by atoms with Gasteiger partial charge in [-0.2, -0.15) is 0 Å². The second-order valence-corrected chi connectivity index (χ2v) is 2.57. The van der Waals surface area contributed by atoms with Crippen molar-refractivity contribution in [3.63, 3.8) is 0 Å². The zero-order valence-electron chi connectivity index (χ0n) is 7.13. The van der Waals surface area contributed by atoms with Gasteiger partial charge in [-0.3, -0.25) is 0 Å². The summed E-state index contributed by atoms with van der Waals surface area (Å²) in [5.74, 6) is -1.11. The molecule has 66 valence electrons. The number of carbonyl (C=O) groups is 1. The van der Waals surface area contributed by atoms with E-state index in [1.165, 1.54) is 0 Å². The maximum atomic E-state index is 10.3. The Morgan fingerprint density at radius 3 is 2.27 bits per heavy atom. The predicted molar refractivity (Wildman–Crippen MR) is 38.3 cm³/mol. The van der Waals surface area contributed by atoms with Crippen molar-refractivity contribution in [1.82, 2.24) is 0 Å². The maximum Gasteiger partial charge on any atom is 0.0445 e. The van der Waals surface area contributed by atoms with Crippen molar-refractivity contribution in [2.45, 2.75) is 39.5 Å². The van der Waals surface area contributed by atoms with Crippen LogP contribution >= 0.6 is 0 Å². The number of carboxylic acid groups (broad SMARTS) is 1. The smallest absolute Gasteiger partial charge is 0.0445 e. The second kappa shape index (κ2) is 8.10. The van der Waals surface area contributed by atoms with Crippen molar-refractivity contribution in [1.29, 1.82) is 0 Å². The van der Waals surface area contributed by atoms with Crippen LogP contribution in [0.15, 0.2) is 0 Å². The van der Waals surface area contributed by atoms with Gasteiger partial charge in [0.1, 0.15) is 0 Å². The third kappa shape index (κ3) is 6.40. The molecule has 0 aliphatic carbocycles. The Kier molecular flexibility index (Phi) is 10.0. The number of hydrogen-bond acceptors (Lipinski definition) is 2. The van der Waals surface area contributed by atoms with Crippen molar-refractivity contribution in [3.05, 3.63) is 0 Å². The van der Waals surface area contributed by atoms with Crippen LogP contribution in [0.4, 0.5) is 0 Å². The molecule has 0 fully saturated rings. The van der Waals surface area contributed by atoms with Crippen LogP contribution in [-0.4, -0.2) is 5.97 Å². The Bertz CT molecular complexity index is 104. The van der Waals surface area contributed by atoms with E-state index in [-0.39, 0.29) is 23.3 Å². The molecular weight excluding hydrogens is 180 g/mol. The largest absolute Gasteiger partial charge is 0.550 e. The first-order valence-corrected chi connectivity index (χ1v) is 3.93. The molecule has 2 nitrogen and oxygen atoms in total. The van der Waals surface area contributed by atoms with Crippen LogP contribution < -0.4 is 5.11 Å². The quantitative estimate of drug-likeness (QED) is 0.655. The fourth-order valence-electron chi connectivity index (χ4n) is 0.939. The van der Waals surface area contributed by atoms with Crippen molar-refractivity contribution in [2.24, 2.45) is 5.92 Å². The Morgan fingerprint density at radius 2 is 2.00 bits per heavy atom. The van der Waals surface area contributed by atoms with Gasteiger partial charge >= 0.3 is 0 Å². The summed E-state index contributed by atoms with van der Waals surface area (Å²) in [5.41, 5.74) is 0. The first-order valence-electron chi connectivity index (χ1n) is 3.93. The van der Waals surface area contributed by atoms with Crippen molar-refractivity contribution in [3.8, 4) is 0 Å². The summed E-state index contributed by atoms with van der Waals surface area (Å²) in [6.45, 7) is 3.94. The molecule has 0 aromatic carbocycles. The molecule has 0 amide bonds. The first kappa shape index (κ1) is 13.6. The normalized spacial score (nSPS) is 11.8. The topological polar surface area (TPSA) is 40.1 Å². The fourth-order valence-corrected chi connectivity index (χ4v) is 0.939. The van der Waals surface area contributed by atoms with Crippen LogP contribution in [0, 0.1) is 5.92 Å². The molecule has 0 aromatic rings. The molecule has 11 heavy (non-hydrogen) atoms. The van der Waals surface area contributed by atoms with Crippen LogP contribution in [0.5, 0.6) is 0 Å². The Labute approximate surface area is 79.1 Å². The molecule has 0 N–H and O–H groups in total. The molecular formula is C8H15CrO2-. The number of hydrogen-bond donors (Lipinski definition) is 0. The van der Waals surface area contributed by atoms with Gasteiger partial charge in [0.05, 0.1) is 0 Å². The summed E-state index contributed by atoms with van der Waals surface area (Å²) in [6.07, 6.45) is 3.52. The van der Waals surface area contributed by atoms with E-state index in [4.69, 9.17) is 0 Å². The molecule has 1 atom stereocenters. The van der Waals surface area contributed by atoms with Crippen LogP contribution in [-0.2, 0) is 22.2 Å². The molecule has 0 aliphatic heterocycles. The van der Waals surface area contributed by atoms with Crippen LogP contribution in [0.2, 0.25) is 0 Å². The van der Waals surface area contributed by atoms with Gasteiger partial charge in [0, 0.05) is 23.3 Å². The van der Waals surface area contributed by atoms with Gasteiger partial charge in [-0.05, 0) is 18.8 Å². The molecule has 3 heteroatoms. The third-order valence-corrected chi connectivity index (χ3v) is 1.73. The van der Waals surface area contributed by atoms with Crippen LogP contribution in [0.25, 0.3) is 0 Å². The van der Waals surface area contributed by atoms with Crippen LogP contribution in [0.1, 0.15) is 39.5 Å². The van der Waals surface area contributed by atoms with Gasteiger partial charge in [0.2, 0.25) is 0 Å². The minimum absolute atomic E-state index is 0. The zero-order chi connectivity index (χ0) is 7.98. The number of carboxylic acids is 1. The molecule has 0 heterocycles. The van der Waals surface area contributed by atoms with Gasteiger partial charge in [-0.25, -0.2) is 0 Å². The van der Waals surface area contributed by atoms with Gasteiger partial charge in [-0.15, -0.1) is 0 Å². The molecule has 0 radical (unpaired) electrons. The standard InChI is InChI=1S/C8H16O2.Cr/c1-3-5-6-7(4-2)8(9)10;/h7H,3-6H2,1-2H3,(H,9,10);/p-1. The molecule has 0 aromatic heterocycles. The minimum Gasteiger partial charge on any atom is -0.550 e. The van der Waals surface area contributed by atoms with Crippen molar-refractivity contribution < 1.29 is 27.3 Å². The number of carbonyl (C=O) groups excluding carboxylic acids is 1. The van der Waals surface area contributed by atoms with E-state index in [1.807, 2.05) is 6.92 Å². The summed E-state index contributed by atoms with van der Waals surface area (Å²) in [6, 6.07) is 0. The monoisotopic (exact) mass is 195 g/mol. The molecule has 0 saturated carbocycles. The summed E-state index contributed by atoms with van der Waals surface area (Å²) < 4.78 is 0. The van der Waals surface area contributed by atoms with E-state index < -0.39 is 5.97 Å². The zero-order valence-corrected chi connectivity index (χ0v) is 8.41. The number of rotatable bonds is 5. The Hall–Kier alpha value is 0.00247. The maximum absolute atomic E-state index is 10.3. The van der Waals surface area contributed by atoms with Gasteiger partial charge in [0.25, 0.3) is 0 Å². The Morgan fingerprint density at radius 1 is 1.45 bits per heavy atom. The molecule has 0 bridgehead atoms. The predicted octanol–water partition coefficient (Wildman–Crippen LogP) is 0.950. The van der Waals surface area contributed by atoms with E-state index in [0.717, 1.165) is 19.3 Å². The van der Waals surface area contributed by atoms with E-state index in [0.29, 0.717) is 6.42 Å². The molecule has 0 rings (SSSR count). The van der Waals surface area contributed by atoms with E-state index >= 15 is 0 Å². The van der Waals surface area contributed by atoms with E-state index in [2.05, 4.69) is 6.92 Å². The van der Waals surface area contributed by atoms with Crippen LogP contribution in [0.3, 0.4) is 0 Å². The summed E-state index contributed by atoms with van der Waals surface area (Å²) in [7, 11) is 0. The van der Waals surface area contributed by atoms with Gasteiger partial charge in [0.15, 0.2) is 0 Å². The number of aliphatic carboxylic acids is 1.